The normalized spacial score (nSPS) is 16.5. The zero-order valence-corrected chi connectivity index (χ0v) is 20.5. The summed E-state index contributed by atoms with van der Waals surface area (Å²) in [5, 5.41) is 3.41. The van der Waals surface area contributed by atoms with Crippen molar-refractivity contribution in [2.75, 3.05) is 23.5 Å². The van der Waals surface area contributed by atoms with Crippen LogP contribution in [0.25, 0.3) is 6.08 Å². The number of rotatable bonds is 5. The highest BCUT2D eigenvalue weighted by atomic mass is 35.5. The predicted octanol–water partition coefficient (Wildman–Crippen LogP) is 4.74. The zero-order valence-electron chi connectivity index (χ0n) is 19.0. The number of nitrogens with zero attached hydrogens (tertiary/aromatic N) is 2. The van der Waals surface area contributed by atoms with Crippen LogP contribution in [0.4, 0.5) is 11.4 Å². The molecule has 5 rings (SSSR count). The third-order valence-corrected chi connectivity index (χ3v) is 6.79. The van der Waals surface area contributed by atoms with Crippen LogP contribution in [0.15, 0.2) is 72.3 Å². The first-order valence-electron chi connectivity index (χ1n) is 11.1. The van der Waals surface area contributed by atoms with Gasteiger partial charge in [-0.2, -0.15) is 0 Å². The second-order valence-corrected chi connectivity index (χ2v) is 9.10. The standard InChI is InChI=1S/C27H22ClN3O3S/c1-34-21-7-4-6-20(15-21)31-26(33)22(25(32)29-27(31)35)14-17-9-10-24-18(13-17)11-12-30(24)16-19-5-2-3-8-23(19)28/h2-10,13-15H,11-12,16H2,1H3,(H,29,32,35)/b22-14+. The van der Waals surface area contributed by atoms with E-state index in [9.17, 15) is 9.59 Å². The third-order valence-electron chi connectivity index (χ3n) is 6.14. The van der Waals surface area contributed by atoms with Gasteiger partial charge in [-0.1, -0.05) is 41.9 Å². The van der Waals surface area contributed by atoms with E-state index >= 15 is 0 Å². The van der Waals surface area contributed by atoms with Gasteiger partial charge in [0.2, 0.25) is 0 Å². The molecule has 3 aromatic rings. The van der Waals surface area contributed by atoms with Gasteiger partial charge in [-0.25, -0.2) is 0 Å². The molecule has 0 radical (unpaired) electrons. The molecule has 3 aromatic carbocycles. The minimum absolute atomic E-state index is 0.0206. The topological polar surface area (TPSA) is 61.9 Å². The average Bonchev–Trinajstić information content (AvgIpc) is 3.25. The minimum Gasteiger partial charge on any atom is -0.497 e. The summed E-state index contributed by atoms with van der Waals surface area (Å²) in [5.41, 5.74) is 4.69. The Morgan fingerprint density at radius 1 is 1.09 bits per heavy atom. The molecule has 2 aliphatic heterocycles. The summed E-state index contributed by atoms with van der Waals surface area (Å²) >= 11 is 11.6. The van der Waals surface area contributed by atoms with Crippen LogP contribution < -0.4 is 19.9 Å². The van der Waals surface area contributed by atoms with Gasteiger partial charge in [-0.05, 0) is 71.7 Å². The molecule has 176 valence electrons. The van der Waals surface area contributed by atoms with Gasteiger partial charge in [-0.15, -0.1) is 0 Å². The molecule has 0 atom stereocenters. The predicted molar refractivity (Wildman–Crippen MR) is 142 cm³/mol. The molecule has 0 aliphatic carbocycles. The highest BCUT2D eigenvalue weighted by Gasteiger charge is 2.34. The quantitative estimate of drug-likeness (QED) is 0.309. The lowest BCUT2D eigenvalue weighted by molar-refractivity contribution is -0.122. The Balaban J connectivity index is 1.42. The highest BCUT2D eigenvalue weighted by Crippen LogP contribution is 2.32. The highest BCUT2D eigenvalue weighted by molar-refractivity contribution is 7.80. The van der Waals surface area contributed by atoms with E-state index in [1.54, 1.807) is 37.5 Å². The lowest BCUT2D eigenvalue weighted by atomic mass is 10.0. The maximum absolute atomic E-state index is 13.3. The van der Waals surface area contributed by atoms with Crippen molar-refractivity contribution < 1.29 is 14.3 Å². The van der Waals surface area contributed by atoms with Crippen molar-refractivity contribution in [3.05, 3.63) is 94.0 Å². The lowest BCUT2D eigenvalue weighted by Gasteiger charge is -2.29. The van der Waals surface area contributed by atoms with E-state index in [2.05, 4.69) is 10.2 Å². The van der Waals surface area contributed by atoms with Crippen LogP contribution in [-0.4, -0.2) is 30.6 Å². The number of hydrogen-bond acceptors (Lipinski definition) is 5. The van der Waals surface area contributed by atoms with E-state index in [1.165, 1.54) is 4.90 Å². The van der Waals surface area contributed by atoms with Gasteiger partial charge in [0, 0.05) is 29.9 Å². The molecule has 2 heterocycles. The minimum atomic E-state index is -0.514. The number of ether oxygens (including phenoxy) is 1. The van der Waals surface area contributed by atoms with Gasteiger partial charge in [0.05, 0.1) is 12.8 Å². The number of amides is 2. The molecule has 0 spiro atoms. The molecule has 35 heavy (non-hydrogen) atoms. The molecule has 0 saturated carbocycles. The first-order valence-corrected chi connectivity index (χ1v) is 11.9. The molecule has 2 aliphatic rings. The first kappa shape index (κ1) is 23.1. The van der Waals surface area contributed by atoms with Gasteiger partial charge >= 0.3 is 0 Å². The molecule has 8 heteroatoms. The Morgan fingerprint density at radius 3 is 2.71 bits per heavy atom. The molecular weight excluding hydrogens is 482 g/mol. The molecule has 1 N–H and O–H groups in total. The fourth-order valence-corrected chi connectivity index (χ4v) is 4.86. The van der Waals surface area contributed by atoms with Crippen LogP contribution in [0.5, 0.6) is 5.75 Å². The maximum Gasteiger partial charge on any atom is 0.270 e. The van der Waals surface area contributed by atoms with E-state index in [0.717, 1.165) is 46.9 Å². The van der Waals surface area contributed by atoms with Crippen molar-refractivity contribution in [1.29, 1.82) is 0 Å². The van der Waals surface area contributed by atoms with Crippen molar-refractivity contribution in [2.45, 2.75) is 13.0 Å². The van der Waals surface area contributed by atoms with Gasteiger partial charge in [0.15, 0.2) is 5.11 Å². The van der Waals surface area contributed by atoms with Crippen LogP contribution in [0.1, 0.15) is 16.7 Å². The van der Waals surface area contributed by atoms with Crippen molar-refractivity contribution in [1.82, 2.24) is 5.32 Å². The van der Waals surface area contributed by atoms with Crippen molar-refractivity contribution in [2.24, 2.45) is 0 Å². The van der Waals surface area contributed by atoms with Crippen LogP contribution in [0.2, 0.25) is 5.02 Å². The summed E-state index contributed by atoms with van der Waals surface area (Å²) in [6, 6.07) is 20.8. The number of fused-ring (bicyclic) bond motifs is 1. The van der Waals surface area contributed by atoms with Gasteiger partial charge in [0.1, 0.15) is 11.3 Å². The van der Waals surface area contributed by atoms with Crippen LogP contribution in [0, 0.1) is 0 Å². The number of methoxy groups -OCH3 is 1. The number of thiocarbonyl (C=S) groups is 1. The van der Waals surface area contributed by atoms with Gasteiger partial charge in [0.25, 0.3) is 11.8 Å². The van der Waals surface area contributed by atoms with E-state index < -0.39 is 11.8 Å². The van der Waals surface area contributed by atoms with Crippen molar-refractivity contribution in [3.8, 4) is 5.75 Å². The number of carbonyl (C=O) groups excluding carboxylic acids is 2. The number of anilines is 2. The first-order chi connectivity index (χ1) is 16.9. The number of benzene rings is 3. The van der Waals surface area contributed by atoms with Crippen LogP contribution in [-0.2, 0) is 22.6 Å². The van der Waals surface area contributed by atoms with Gasteiger partial charge in [-0.3, -0.25) is 19.8 Å². The molecule has 0 aromatic heterocycles. The molecule has 0 unspecified atom stereocenters. The Hall–Kier alpha value is -3.68. The molecule has 1 saturated heterocycles. The lowest BCUT2D eigenvalue weighted by Crippen LogP contribution is -2.54. The molecule has 2 amide bonds. The summed E-state index contributed by atoms with van der Waals surface area (Å²) in [6.45, 7) is 1.60. The number of carbonyl (C=O) groups is 2. The zero-order chi connectivity index (χ0) is 24.5. The van der Waals surface area contributed by atoms with E-state index in [4.69, 9.17) is 28.6 Å². The number of halogens is 1. The fraction of sp³-hybridized carbons (Fsp3) is 0.148. The average molecular weight is 504 g/mol. The Bertz CT molecular complexity index is 1390. The SMILES string of the molecule is COc1cccc(N2C(=O)/C(=C/c3ccc4c(c3)CCN4Cc3ccccc3Cl)C(=O)NC2=S)c1. The maximum atomic E-state index is 13.3. The molecular formula is C27H22ClN3O3S. The monoisotopic (exact) mass is 503 g/mol. The summed E-state index contributed by atoms with van der Waals surface area (Å²) in [7, 11) is 1.55. The largest absolute Gasteiger partial charge is 0.497 e. The summed E-state index contributed by atoms with van der Waals surface area (Å²) in [5.74, 6) is -0.409. The summed E-state index contributed by atoms with van der Waals surface area (Å²) in [6.07, 6.45) is 2.49. The Kier molecular flexibility index (Phi) is 6.28. The second kappa shape index (κ2) is 9.52. The molecule has 6 nitrogen and oxygen atoms in total. The van der Waals surface area contributed by atoms with Crippen LogP contribution in [0.3, 0.4) is 0 Å². The summed E-state index contributed by atoms with van der Waals surface area (Å²) in [4.78, 5) is 29.6. The van der Waals surface area contributed by atoms with Crippen molar-refractivity contribution in [3.63, 3.8) is 0 Å². The van der Waals surface area contributed by atoms with E-state index in [0.29, 0.717) is 11.4 Å². The second-order valence-electron chi connectivity index (χ2n) is 8.31. The van der Waals surface area contributed by atoms with Gasteiger partial charge < -0.3 is 9.64 Å². The fourth-order valence-electron chi connectivity index (χ4n) is 4.38. The third kappa shape index (κ3) is 4.52. The van der Waals surface area contributed by atoms with E-state index in [1.807, 2.05) is 42.5 Å². The van der Waals surface area contributed by atoms with Crippen molar-refractivity contribution >= 4 is 58.2 Å². The summed E-state index contributed by atoms with van der Waals surface area (Å²) < 4.78 is 5.26. The molecule has 1 fully saturated rings. The molecule has 0 bridgehead atoms. The Morgan fingerprint density at radius 2 is 1.91 bits per heavy atom. The van der Waals surface area contributed by atoms with E-state index in [-0.39, 0.29) is 10.7 Å². The smallest absolute Gasteiger partial charge is 0.270 e. The number of nitrogens with one attached hydrogen (secondary N) is 1. The van der Waals surface area contributed by atoms with Crippen LogP contribution >= 0.6 is 23.8 Å². The number of hydrogen-bond donors (Lipinski definition) is 1. The Labute approximate surface area is 213 Å².